The number of amides is 1. The van der Waals surface area contributed by atoms with Crippen molar-refractivity contribution >= 4 is 16.9 Å². The van der Waals surface area contributed by atoms with Crippen LogP contribution in [0.2, 0.25) is 0 Å². The second-order valence-corrected chi connectivity index (χ2v) is 9.15. The van der Waals surface area contributed by atoms with E-state index in [-0.39, 0.29) is 5.91 Å². The van der Waals surface area contributed by atoms with Crippen molar-refractivity contribution in [1.82, 2.24) is 14.9 Å². The zero-order valence-corrected chi connectivity index (χ0v) is 21.0. The summed E-state index contributed by atoms with van der Waals surface area (Å²) in [4.78, 5) is 17.2. The summed E-state index contributed by atoms with van der Waals surface area (Å²) in [6.45, 7) is 8.28. The molecule has 1 heterocycles. The van der Waals surface area contributed by atoms with Gasteiger partial charge in [-0.15, -0.1) is 0 Å². The summed E-state index contributed by atoms with van der Waals surface area (Å²) < 4.78 is 8.42. The third-order valence-electron chi connectivity index (χ3n) is 6.54. The lowest BCUT2D eigenvalue weighted by Gasteiger charge is -2.13. The van der Waals surface area contributed by atoms with Crippen LogP contribution in [-0.4, -0.2) is 28.6 Å². The molecule has 1 amide bonds. The molecule has 1 N–H and O–H groups in total. The number of fused-ring (bicyclic) bond motifs is 1. The standard InChI is InChI=1S/C30H35N3O2/c1-22-15-17-25(18-16-22)30(34)31-19-8-4-5-14-29-32-26-11-6-7-12-27(26)33(29)20-21-35-28-13-9-10-23(2)24(28)3/h6-7,9-13,15-18H,4-5,8,14,19-21H2,1-3H3,(H,31,34). The van der Waals surface area contributed by atoms with E-state index in [1.54, 1.807) is 0 Å². The van der Waals surface area contributed by atoms with Crippen LogP contribution in [0.1, 0.15) is 52.1 Å². The molecule has 0 unspecified atom stereocenters. The van der Waals surface area contributed by atoms with E-state index < -0.39 is 0 Å². The number of imidazole rings is 1. The Hall–Kier alpha value is -3.60. The lowest BCUT2D eigenvalue weighted by molar-refractivity contribution is 0.0953. The van der Waals surface area contributed by atoms with Crippen LogP contribution in [0.25, 0.3) is 11.0 Å². The number of nitrogens with one attached hydrogen (secondary N) is 1. The molecule has 1 aromatic heterocycles. The third kappa shape index (κ3) is 6.30. The van der Waals surface area contributed by atoms with E-state index in [4.69, 9.17) is 9.72 Å². The first-order chi connectivity index (χ1) is 17.0. The second-order valence-electron chi connectivity index (χ2n) is 9.15. The topological polar surface area (TPSA) is 56.2 Å². The SMILES string of the molecule is Cc1ccc(C(=O)NCCCCCc2nc3ccccc3n2CCOc2cccc(C)c2C)cc1. The molecular formula is C30H35N3O2. The van der Waals surface area contributed by atoms with Crippen LogP contribution in [0, 0.1) is 20.8 Å². The Morgan fingerprint density at radius 3 is 2.54 bits per heavy atom. The number of para-hydroxylation sites is 2. The number of nitrogens with zero attached hydrogens (tertiary/aromatic N) is 2. The van der Waals surface area contributed by atoms with Crippen LogP contribution >= 0.6 is 0 Å². The lowest BCUT2D eigenvalue weighted by atomic mass is 10.1. The van der Waals surface area contributed by atoms with Crippen molar-refractivity contribution in [2.75, 3.05) is 13.2 Å². The Morgan fingerprint density at radius 1 is 0.914 bits per heavy atom. The van der Waals surface area contributed by atoms with Crippen molar-refractivity contribution < 1.29 is 9.53 Å². The van der Waals surface area contributed by atoms with Crippen LogP contribution in [0.15, 0.2) is 66.7 Å². The zero-order chi connectivity index (χ0) is 24.6. The maximum atomic E-state index is 12.3. The number of rotatable bonds is 11. The Morgan fingerprint density at radius 2 is 1.71 bits per heavy atom. The van der Waals surface area contributed by atoms with E-state index in [1.807, 2.05) is 49.4 Å². The number of carbonyl (C=O) groups is 1. The highest BCUT2D eigenvalue weighted by Gasteiger charge is 2.11. The van der Waals surface area contributed by atoms with Crippen molar-refractivity contribution in [3.8, 4) is 5.75 Å². The van der Waals surface area contributed by atoms with Crippen LogP contribution in [0.5, 0.6) is 5.75 Å². The summed E-state index contributed by atoms with van der Waals surface area (Å²) in [5, 5.41) is 3.03. The van der Waals surface area contributed by atoms with Gasteiger partial charge in [-0.1, -0.05) is 48.4 Å². The van der Waals surface area contributed by atoms with E-state index in [0.29, 0.717) is 18.7 Å². The first kappa shape index (κ1) is 24.5. The van der Waals surface area contributed by atoms with Crippen LogP contribution < -0.4 is 10.1 Å². The highest BCUT2D eigenvalue weighted by atomic mass is 16.5. The maximum absolute atomic E-state index is 12.3. The Kier molecular flexibility index (Phi) is 8.19. The lowest BCUT2D eigenvalue weighted by Crippen LogP contribution is -2.24. The van der Waals surface area contributed by atoms with Gasteiger partial charge in [0.15, 0.2) is 0 Å². The normalized spacial score (nSPS) is 11.1. The van der Waals surface area contributed by atoms with Crippen molar-refractivity contribution in [3.63, 3.8) is 0 Å². The molecule has 0 saturated carbocycles. The van der Waals surface area contributed by atoms with Gasteiger partial charge in [0, 0.05) is 18.5 Å². The molecule has 0 aliphatic rings. The first-order valence-corrected chi connectivity index (χ1v) is 12.5. The molecule has 0 saturated heterocycles. The molecule has 5 heteroatoms. The maximum Gasteiger partial charge on any atom is 0.251 e. The van der Waals surface area contributed by atoms with Crippen LogP contribution in [-0.2, 0) is 13.0 Å². The van der Waals surface area contributed by atoms with Crippen LogP contribution in [0.4, 0.5) is 0 Å². The van der Waals surface area contributed by atoms with Crippen molar-refractivity contribution in [1.29, 1.82) is 0 Å². The summed E-state index contributed by atoms with van der Waals surface area (Å²) in [5.74, 6) is 2.04. The number of aryl methyl sites for hydroxylation is 3. The average molecular weight is 470 g/mol. The molecule has 0 atom stereocenters. The molecule has 0 radical (unpaired) electrons. The summed E-state index contributed by atoms with van der Waals surface area (Å²) in [7, 11) is 0. The van der Waals surface area contributed by atoms with E-state index >= 15 is 0 Å². The number of aromatic nitrogens is 2. The monoisotopic (exact) mass is 469 g/mol. The minimum absolute atomic E-state index is 0.00404. The smallest absolute Gasteiger partial charge is 0.251 e. The van der Waals surface area contributed by atoms with Gasteiger partial charge in [-0.2, -0.15) is 0 Å². The first-order valence-electron chi connectivity index (χ1n) is 12.5. The second kappa shape index (κ2) is 11.7. The van der Waals surface area contributed by atoms with Crippen molar-refractivity contribution in [2.24, 2.45) is 0 Å². The molecule has 3 aromatic carbocycles. The summed E-state index contributed by atoms with van der Waals surface area (Å²) >= 11 is 0. The summed E-state index contributed by atoms with van der Waals surface area (Å²) in [6, 6.07) is 22.2. The van der Waals surface area contributed by atoms with Gasteiger partial charge in [-0.3, -0.25) is 4.79 Å². The molecule has 5 nitrogen and oxygen atoms in total. The highest BCUT2D eigenvalue weighted by Crippen LogP contribution is 2.22. The van der Waals surface area contributed by atoms with E-state index in [1.165, 1.54) is 11.1 Å². The molecule has 0 fully saturated rings. The number of hydrogen-bond acceptors (Lipinski definition) is 3. The molecule has 35 heavy (non-hydrogen) atoms. The van der Waals surface area contributed by atoms with Gasteiger partial charge < -0.3 is 14.6 Å². The molecule has 4 aromatic rings. The number of unbranched alkanes of at least 4 members (excludes halogenated alkanes) is 2. The molecule has 4 rings (SSSR count). The Balaban J connectivity index is 1.28. The highest BCUT2D eigenvalue weighted by molar-refractivity contribution is 5.94. The predicted octanol–water partition coefficient (Wildman–Crippen LogP) is 6.18. The van der Waals surface area contributed by atoms with Gasteiger partial charge in [-0.05, 0) is 75.1 Å². The van der Waals surface area contributed by atoms with Gasteiger partial charge >= 0.3 is 0 Å². The number of benzene rings is 3. The number of hydrogen-bond donors (Lipinski definition) is 1. The summed E-state index contributed by atoms with van der Waals surface area (Å²) in [5.41, 5.74) is 6.48. The Labute approximate surface area is 208 Å². The van der Waals surface area contributed by atoms with E-state index in [0.717, 1.165) is 60.4 Å². The largest absolute Gasteiger partial charge is 0.491 e. The van der Waals surface area contributed by atoms with Gasteiger partial charge in [0.2, 0.25) is 0 Å². The van der Waals surface area contributed by atoms with Gasteiger partial charge in [0.1, 0.15) is 18.2 Å². The fourth-order valence-electron chi connectivity index (χ4n) is 4.29. The molecular weight excluding hydrogens is 434 g/mol. The quantitative estimate of drug-likeness (QED) is 0.267. The number of carbonyl (C=O) groups excluding carboxylic acids is 1. The fraction of sp³-hybridized carbons (Fsp3) is 0.333. The fourth-order valence-corrected chi connectivity index (χ4v) is 4.29. The summed E-state index contributed by atoms with van der Waals surface area (Å²) in [6.07, 6.45) is 3.93. The molecule has 0 aliphatic carbocycles. The number of ether oxygens (including phenoxy) is 1. The third-order valence-corrected chi connectivity index (χ3v) is 6.54. The average Bonchev–Trinajstić information content (AvgIpc) is 3.21. The minimum atomic E-state index is -0.00404. The van der Waals surface area contributed by atoms with Crippen LogP contribution in [0.3, 0.4) is 0 Å². The molecule has 0 spiro atoms. The van der Waals surface area contributed by atoms with Gasteiger partial charge in [0.25, 0.3) is 5.91 Å². The van der Waals surface area contributed by atoms with Gasteiger partial charge in [-0.25, -0.2) is 4.98 Å². The zero-order valence-electron chi connectivity index (χ0n) is 21.0. The Bertz CT molecular complexity index is 1270. The molecule has 0 bridgehead atoms. The van der Waals surface area contributed by atoms with E-state index in [9.17, 15) is 4.79 Å². The van der Waals surface area contributed by atoms with E-state index in [2.05, 4.69) is 48.0 Å². The molecule has 182 valence electrons. The predicted molar refractivity (Wildman–Crippen MR) is 142 cm³/mol. The van der Waals surface area contributed by atoms with Gasteiger partial charge in [0.05, 0.1) is 17.6 Å². The molecule has 0 aliphatic heterocycles. The van der Waals surface area contributed by atoms with Crippen molar-refractivity contribution in [3.05, 3.63) is 94.8 Å². The van der Waals surface area contributed by atoms with Crippen molar-refractivity contribution in [2.45, 2.75) is 53.0 Å². The minimum Gasteiger partial charge on any atom is -0.491 e.